The molecule has 0 unspecified atom stereocenters. The number of rotatable bonds is 7. The molecule has 0 radical (unpaired) electrons. The summed E-state index contributed by atoms with van der Waals surface area (Å²) >= 11 is 0. The number of benzene rings is 2. The maximum atomic E-state index is 14.4. The molecule has 1 N–H and O–H groups in total. The van der Waals surface area contributed by atoms with Gasteiger partial charge in [0.05, 0.1) is 24.3 Å². The predicted molar refractivity (Wildman–Crippen MR) is 121 cm³/mol. The van der Waals surface area contributed by atoms with E-state index in [0.717, 1.165) is 22.9 Å². The Balaban J connectivity index is 1.55. The van der Waals surface area contributed by atoms with Gasteiger partial charge in [-0.15, -0.1) is 0 Å². The number of halogens is 1. The fourth-order valence-corrected chi connectivity index (χ4v) is 5.36. The molecule has 2 heterocycles. The van der Waals surface area contributed by atoms with E-state index in [9.17, 15) is 27.2 Å². The molecule has 1 saturated heterocycles. The fraction of sp³-hybridized carbons (Fsp3) is 0.348. The largest absolute Gasteiger partial charge is 0.379 e. The SMILES string of the molecule is CCCCN1C(=O)c2ccc(C(=O)Nc3ccc(F)c(S(=O)(=O)N4CCOCC4)c3)cc2C1=O. The first kappa shape index (κ1) is 24.0. The van der Waals surface area contributed by atoms with Crippen molar-refractivity contribution in [3.8, 4) is 0 Å². The number of hydrogen-bond donors (Lipinski definition) is 1. The van der Waals surface area contributed by atoms with Gasteiger partial charge in [0.15, 0.2) is 0 Å². The van der Waals surface area contributed by atoms with E-state index < -0.39 is 38.5 Å². The number of imide groups is 1. The number of nitrogens with zero attached hydrogens (tertiary/aromatic N) is 2. The minimum Gasteiger partial charge on any atom is -0.379 e. The Bertz CT molecular complexity index is 1260. The summed E-state index contributed by atoms with van der Waals surface area (Å²) in [5, 5.41) is 2.54. The van der Waals surface area contributed by atoms with Gasteiger partial charge in [-0.1, -0.05) is 13.3 Å². The molecule has 0 aliphatic carbocycles. The van der Waals surface area contributed by atoms with Gasteiger partial charge in [0.25, 0.3) is 17.7 Å². The molecule has 1 fully saturated rings. The van der Waals surface area contributed by atoms with Crippen LogP contribution in [0.3, 0.4) is 0 Å². The van der Waals surface area contributed by atoms with E-state index in [1.807, 2.05) is 6.92 Å². The summed E-state index contributed by atoms with van der Waals surface area (Å²) in [6.45, 7) is 2.90. The minimum absolute atomic E-state index is 0.0747. The van der Waals surface area contributed by atoms with Crippen molar-refractivity contribution >= 4 is 33.4 Å². The number of anilines is 1. The number of carbonyl (C=O) groups is 3. The lowest BCUT2D eigenvalue weighted by Gasteiger charge is -2.26. The van der Waals surface area contributed by atoms with Crippen LogP contribution in [0.15, 0.2) is 41.3 Å². The van der Waals surface area contributed by atoms with Gasteiger partial charge >= 0.3 is 0 Å². The summed E-state index contributed by atoms with van der Waals surface area (Å²) in [5.41, 5.74) is 0.562. The molecule has 0 aromatic heterocycles. The van der Waals surface area contributed by atoms with Crippen molar-refractivity contribution in [3.05, 3.63) is 58.9 Å². The van der Waals surface area contributed by atoms with Gasteiger partial charge in [0.2, 0.25) is 10.0 Å². The van der Waals surface area contributed by atoms with Crippen LogP contribution in [0.4, 0.5) is 10.1 Å². The second kappa shape index (κ2) is 9.61. The van der Waals surface area contributed by atoms with Crippen molar-refractivity contribution in [1.29, 1.82) is 0 Å². The summed E-state index contributed by atoms with van der Waals surface area (Å²) in [5.74, 6) is -2.41. The smallest absolute Gasteiger partial charge is 0.261 e. The van der Waals surface area contributed by atoms with Crippen molar-refractivity contribution in [3.63, 3.8) is 0 Å². The zero-order valence-corrected chi connectivity index (χ0v) is 19.4. The molecule has 34 heavy (non-hydrogen) atoms. The Kier molecular flexibility index (Phi) is 6.78. The normalized spacial score (nSPS) is 16.6. The number of unbranched alkanes of at least 4 members (excludes halogenated alkanes) is 1. The lowest BCUT2D eigenvalue weighted by molar-refractivity contribution is 0.0652. The molecule has 0 bridgehead atoms. The lowest BCUT2D eigenvalue weighted by atomic mass is 10.1. The van der Waals surface area contributed by atoms with Gasteiger partial charge in [-0.25, -0.2) is 12.8 Å². The molecule has 4 rings (SSSR count). The molecule has 0 saturated carbocycles. The van der Waals surface area contributed by atoms with Crippen LogP contribution in [0.25, 0.3) is 0 Å². The van der Waals surface area contributed by atoms with Crippen LogP contribution < -0.4 is 5.32 Å². The summed E-state index contributed by atoms with van der Waals surface area (Å²) in [6.07, 6.45) is 1.50. The maximum Gasteiger partial charge on any atom is 0.261 e. The minimum atomic E-state index is -4.11. The number of sulfonamides is 1. The van der Waals surface area contributed by atoms with Crippen molar-refractivity contribution in [2.24, 2.45) is 0 Å². The highest BCUT2D eigenvalue weighted by atomic mass is 32.2. The van der Waals surface area contributed by atoms with Crippen LogP contribution in [0.2, 0.25) is 0 Å². The molecular formula is C23H24FN3O6S. The standard InChI is InChI=1S/C23H24FN3O6S/c1-2-3-8-27-22(29)17-6-4-15(13-18(17)23(27)30)21(28)25-16-5-7-19(24)20(14-16)34(31,32)26-9-11-33-12-10-26/h4-7,13-14H,2-3,8-12H2,1H3,(H,25,28). The number of morpholine rings is 1. The average Bonchev–Trinajstić information content (AvgIpc) is 3.08. The Labute approximate surface area is 196 Å². The molecule has 180 valence electrons. The highest BCUT2D eigenvalue weighted by Crippen LogP contribution is 2.26. The van der Waals surface area contributed by atoms with Gasteiger partial charge < -0.3 is 10.1 Å². The van der Waals surface area contributed by atoms with Gasteiger partial charge in [0, 0.05) is 30.9 Å². The molecule has 11 heteroatoms. The topological polar surface area (TPSA) is 113 Å². The van der Waals surface area contributed by atoms with Crippen molar-refractivity contribution in [1.82, 2.24) is 9.21 Å². The molecule has 0 atom stereocenters. The number of nitrogens with one attached hydrogen (secondary N) is 1. The molecule has 2 aliphatic heterocycles. The third-order valence-electron chi connectivity index (χ3n) is 5.75. The Hall–Kier alpha value is -3.15. The van der Waals surface area contributed by atoms with E-state index in [1.165, 1.54) is 29.2 Å². The van der Waals surface area contributed by atoms with Gasteiger partial charge in [-0.2, -0.15) is 4.31 Å². The second-order valence-corrected chi connectivity index (χ2v) is 9.90. The van der Waals surface area contributed by atoms with Crippen molar-refractivity contribution < 1.29 is 31.9 Å². The zero-order chi connectivity index (χ0) is 24.5. The lowest BCUT2D eigenvalue weighted by Crippen LogP contribution is -2.40. The number of hydrogen-bond acceptors (Lipinski definition) is 6. The van der Waals surface area contributed by atoms with Crippen LogP contribution in [0.5, 0.6) is 0 Å². The third kappa shape index (κ3) is 4.46. The van der Waals surface area contributed by atoms with Crippen LogP contribution in [0.1, 0.15) is 50.8 Å². The first-order chi connectivity index (χ1) is 16.2. The van der Waals surface area contributed by atoms with Crippen molar-refractivity contribution in [2.45, 2.75) is 24.7 Å². The monoisotopic (exact) mass is 489 g/mol. The van der Waals surface area contributed by atoms with E-state index >= 15 is 0 Å². The highest BCUT2D eigenvalue weighted by molar-refractivity contribution is 7.89. The predicted octanol–water partition coefficient (Wildman–Crippen LogP) is 2.50. The Morgan fingerprint density at radius 3 is 2.47 bits per heavy atom. The molecule has 0 spiro atoms. The molecule has 9 nitrogen and oxygen atoms in total. The van der Waals surface area contributed by atoms with E-state index in [-0.39, 0.29) is 48.7 Å². The maximum absolute atomic E-state index is 14.4. The summed E-state index contributed by atoms with van der Waals surface area (Å²) in [4.78, 5) is 38.5. The Morgan fingerprint density at radius 1 is 1.06 bits per heavy atom. The summed E-state index contributed by atoms with van der Waals surface area (Å²) in [7, 11) is -4.11. The van der Waals surface area contributed by atoms with E-state index in [2.05, 4.69) is 5.32 Å². The number of amides is 3. The number of carbonyl (C=O) groups excluding carboxylic acids is 3. The highest BCUT2D eigenvalue weighted by Gasteiger charge is 2.35. The number of ether oxygens (including phenoxy) is 1. The first-order valence-corrected chi connectivity index (χ1v) is 12.4. The molecule has 2 aromatic rings. The van der Waals surface area contributed by atoms with Crippen LogP contribution in [-0.2, 0) is 14.8 Å². The van der Waals surface area contributed by atoms with E-state index in [4.69, 9.17) is 4.74 Å². The fourth-order valence-electron chi connectivity index (χ4n) is 3.86. The van der Waals surface area contributed by atoms with E-state index in [0.29, 0.717) is 13.0 Å². The third-order valence-corrected chi connectivity index (χ3v) is 7.66. The molecule has 2 aromatic carbocycles. The average molecular weight is 490 g/mol. The summed E-state index contributed by atoms with van der Waals surface area (Å²) < 4.78 is 46.4. The molecular weight excluding hydrogens is 465 g/mol. The summed E-state index contributed by atoms with van der Waals surface area (Å²) in [6, 6.07) is 7.46. The van der Waals surface area contributed by atoms with Gasteiger partial charge in [0.1, 0.15) is 10.7 Å². The van der Waals surface area contributed by atoms with Crippen molar-refractivity contribution in [2.75, 3.05) is 38.2 Å². The molecule has 3 amide bonds. The van der Waals surface area contributed by atoms with Crippen LogP contribution in [-0.4, -0.2) is 68.2 Å². The van der Waals surface area contributed by atoms with Gasteiger partial charge in [-0.3, -0.25) is 19.3 Å². The second-order valence-electron chi connectivity index (χ2n) is 7.99. The van der Waals surface area contributed by atoms with Crippen LogP contribution in [0, 0.1) is 5.82 Å². The zero-order valence-electron chi connectivity index (χ0n) is 18.5. The Morgan fingerprint density at radius 2 is 1.76 bits per heavy atom. The van der Waals surface area contributed by atoms with Gasteiger partial charge in [-0.05, 0) is 42.8 Å². The van der Waals surface area contributed by atoms with E-state index in [1.54, 1.807) is 0 Å². The van der Waals surface area contributed by atoms with Crippen LogP contribution >= 0.6 is 0 Å². The molecule has 2 aliphatic rings. The number of fused-ring (bicyclic) bond motifs is 1. The first-order valence-electron chi connectivity index (χ1n) is 10.9. The quantitative estimate of drug-likeness (QED) is 0.598.